The molecule has 170 valence electrons. The first-order valence-electron chi connectivity index (χ1n) is 10.7. The summed E-state index contributed by atoms with van der Waals surface area (Å²) in [7, 11) is 0. The van der Waals surface area contributed by atoms with Crippen LogP contribution in [0.2, 0.25) is 0 Å². The van der Waals surface area contributed by atoms with Gasteiger partial charge in [-0.15, -0.1) is 0 Å². The van der Waals surface area contributed by atoms with E-state index in [4.69, 9.17) is 10.5 Å². The van der Waals surface area contributed by atoms with Gasteiger partial charge in [-0.25, -0.2) is 0 Å². The zero-order valence-corrected chi connectivity index (χ0v) is 19.4. The molecule has 0 bridgehead atoms. The van der Waals surface area contributed by atoms with Crippen molar-refractivity contribution in [3.8, 4) is 0 Å². The monoisotopic (exact) mass is 436 g/mol. The molecule has 0 heterocycles. The highest BCUT2D eigenvalue weighted by atomic mass is 32.2. The van der Waals surface area contributed by atoms with Crippen molar-refractivity contribution in [2.24, 2.45) is 5.73 Å². The summed E-state index contributed by atoms with van der Waals surface area (Å²) in [5.74, 6) is 0.386. The maximum absolute atomic E-state index is 12.5. The Morgan fingerprint density at radius 1 is 1.07 bits per heavy atom. The van der Waals surface area contributed by atoms with Crippen LogP contribution in [0.1, 0.15) is 83.8 Å². The second-order valence-electron chi connectivity index (χ2n) is 6.90. The third-order valence-electron chi connectivity index (χ3n) is 5.10. The summed E-state index contributed by atoms with van der Waals surface area (Å²) in [5.41, 5.74) is 3.29. The van der Waals surface area contributed by atoms with E-state index in [2.05, 4.69) is 23.8 Å². The predicted octanol–water partition coefficient (Wildman–Crippen LogP) is 6.78. The molecule has 1 unspecified atom stereocenters. The van der Waals surface area contributed by atoms with Crippen molar-refractivity contribution in [1.29, 1.82) is 0 Å². The fourth-order valence-corrected chi connectivity index (χ4v) is 3.80. The van der Waals surface area contributed by atoms with Crippen LogP contribution in [0, 0.1) is 0 Å². The predicted molar refractivity (Wildman–Crippen MR) is 119 cm³/mol. The molecule has 3 nitrogen and oxygen atoms in total. The van der Waals surface area contributed by atoms with Gasteiger partial charge in [0.1, 0.15) is 0 Å². The number of benzene rings is 1. The number of hydrogen-bond acceptors (Lipinski definition) is 4. The highest BCUT2D eigenvalue weighted by molar-refractivity contribution is 7.98. The highest BCUT2D eigenvalue weighted by Gasteiger charge is 2.34. The molecule has 1 aromatic rings. The smallest absolute Gasteiger partial charge is 0.377 e. The highest BCUT2D eigenvalue weighted by Crippen LogP contribution is 2.32. The van der Waals surface area contributed by atoms with E-state index in [0.717, 1.165) is 18.4 Å². The lowest BCUT2D eigenvalue weighted by atomic mass is 9.91. The number of rotatable bonds is 13. The van der Waals surface area contributed by atoms with Gasteiger partial charge in [0.05, 0.1) is 6.61 Å². The molecule has 0 fully saturated rings. The molecule has 0 spiro atoms. The average molecular weight is 437 g/mol. The van der Waals surface area contributed by atoms with E-state index < -0.39 is 11.0 Å². The van der Waals surface area contributed by atoms with E-state index in [9.17, 15) is 13.2 Å². The van der Waals surface area contributed by atoms with E-state index in [1.807, 2.05) is 39.8 Å². The molecule has 0 radical (unpaired) electrons. The molecule has 29 heavy (non-hydrogen) atoms. The molecule has 0 saturated carbocycles. The number of nitrogens with two attached hydrogens (primary N) is 1. The van der Waals surface area contributed by atoms with E-state index in [-0.39, 0.29) is 11.9 Å². The summed E-state index contributed by atoms with van der Waals surface area (Å²) in [5, 5.41) is 0. The standard InChI is InChI=1S/C20H33F3N2OS.C2H6/c1-4-7-18(14-24)17-10-8-16(9-11-17)15-26-13-12-19(5-2,6-3)25-27-20(21,22)23;1-2/h8-11,18,25H,4-7,12-15,24H2,1-3H3;1-2H3. The Hall–Kier alpha value is -0.760. The Kier molecular flexibility index (Phi) is 14.7. The average Bonchev–Trinajstić information content (AvgIpc) is 2.73. The minimum absolute atomic E-state index is 0.161. The Morgan fingerprint density at radius 2 is 1.66 bits per heavy atom. The van der Waals surface area contributed by atoms with Crippen LogP contribution in [0.4, 0.5) is 13.2 Å². The zero-order chi connectivity index (χ0) is 22.3. The van der Waals surface area contributed by atoms with Crippen LogP contribution in [0.3, 0.4) is 0 Å². The summed E-state index contributed by atoms with van der Waals surface area (Å²) in [6.07, 6.45) is 3.94. The summed E-state index contributed by atoms with van der Waals surface area (Å²) < 4.78 is 45.8. The fourth-order valence-electron chi connectivity index (χ4n) is 3.08. The minimum Gasteiger partial charge on any atom is -0.377 e. The molecular weight excluding hydrogens is 397 g/mol. The van der Waals surface area contributed by atoms with E-state index >= 15 is 0 Å². The van der Waals surface area contributed by atoms with Gasteiger partial charge in [0.2, 0.25) is 0 Å². The topological polar surface area (TPSA) is 47.3 Å². The molecule has 3 N–H and O–H groups in total. The molecule has 1 atom stereocenters. The lowest BCUT2D eigenvalue weighted by molar-refractivity contribution is -0.0345. The van der Waals surface area contributed by atoms with Gasteiger partial charge >= 0.3 is 5.51 Å². The van der Waals surface area contributed by atoms with E-state index in [1.54, 1.807) is 0 Å². The molecule has 0 amide bonds. The first-order chi connectivity index (χ1) is 13.8. The van der Waals surface area contributed by atoms with Crippen LogP contribution < -0.4 is 10.5 Å². The number of hydrogen-bond donors (Lipinski definition) is 2. The van der Waals surface area contributed by atoms with Gasteiger partial charge in [-0.3, -0.25) is 4.72 Å². The molecule has 7 heteroatoms. The number of alkyl halides is 3. The third kappa shape index (κ3) is 11.3. The zero-order valence-electron chi connectivity index (χ0n) is 18.6. The maximum Gasteiger partial charge on any atom is 0.456 e. The normalized spacial score (nSPS) is 13.0. The van der Waals surface area contributed by atoms with E-state index in [1.165, 1.54) is 5.56 Å². The van der Waals surface area contributed by atoms with Crippen molar-refractivity contribution in [2.75, 3.05) is 13.2 Å². The van der Waals surface area contributed by atoms with E-state index in [0.29, 0.717) is 44.9 Å². The first kappa shape index (κ1) is 28.2. The van der Waals surface area contributed by atoms with Gasteiger partial charge in [0.15, 0.2) is 0 Å². The van der Waals surface area contributed by atoms with Crippen molar-refractivity contribution in [3.63, 3.8) is 0 Å². The summed E-state index contributed by atoms with van der Waals surface area (Å²) in [6.45, 7) is 11.5. The summed E-state index contributed by atoms with van der Waals surface area (Å²) in [6, 6.07) is 8.27. The molecule has 0 aromatic heterocycles. The SMILES string of the molecule is CC.CCCC(CN)c1ccc(COCCC(CC)(CC)NSC(F)(F)F)cc1. The van der Waals surface area contributed by atoms with Crippen LogP contribution in [-0.4, -0.2) is 24.2 Å². The molecule has 1 rings (SSSR count). The Balaban J connectivity index is 0.00000379. The van der Waals surface area contributed by atoms with Gasteiger partial charge in [0, 0.05) is 24.1 Å². The third-order valence-corrected chi connectivity index (χ3v) is 5.87. The lowest BCUT2D eigenvalue weighted by Crippen LogP contribution is -2.42. The lowest BCUT2D eigenvalue weighted by Gasteiger charge is -2.32. The number of ether oxygens (including phenoxy) is 1. The van der Waals surface area contributed by atoms with Crippen molar-refractivity contribution in [2.45, 2.75) is 90.3 Å². The van der Waals surface area contributed by atoms with Crippen LogP contribution >= 0.6 is 11.9 Å². The Labute approximate surface area is 179 Å². The van der Waals surface area contributed by atoms with Gasteiger partial charge in [-0.2, -0.15) is 13.2 Å². The summed E-state index contributed by atoms with van der Waals surface area (Å²) in [4.78, 5) is 0. The van der Waals surface area contributed by atoms with Crippen molar-refractivity contribution < 1.29 is 17.9 Å². The molecule has 0 aliphatic carbocycles. The molecule has 0 aliphatic rings. The van der Waals surface area contributed by atoms with Gasteiger partial charge < -0.3 is 10.5 Å². The van der Waals surface area contributed by atoms with Crippen LogP contribution in [-0.2, 0) is 11.3 Å². The first-order valence-corrected chi connectivity index (χ1v) is 11.5. The second kappa shape index (κ2) is 15.1. The Bertz CT molecular complexity index is 520. The largest absolute Gasteiger partial charge is 0.456 e. The Morgan fingerprint density at radius 3 is 2.10 bits per heavy atom. The quantitative estimate of drug-likeness (QED) is 0.264. The number of halogens is 3. The minimum atomic E-state index is -4.28. The van der Waals surface area contributed by atoms with Crippen LogP contribution in [0.25, 0.3) is 0 Å². The number of nitrogens with one attached hydrogen (secondary N) is 1. The molecule has 0 aliphatic heterocycles. The maximum atomic E-state index is 12.5. The van der Waals surface area contributed by atoms with Crippen LogP contribution in [0.15, 0.2) is 24.3 Å². The van der Waals surface area contributed by atoms with Crippen molar-refractivity contribution >= 4 is 11.9 Å². The van der Waals surface area contributed by atoms with Crippen LogP contribution in [0.5, 0.6) is 0 Å². The van der Waals surface area contributed by atoms with Gasteiger partial charge in [-0.05, 0) is 49.3 Å². The summed E-state index contributed by atoms with van der Waals surface area (Å²) >= 11 is -0.161. The second-order valence-corrected chi connectivity index (χ2v) is 7.77. The van der Waals surface area contributed by atoms with Gasteiger partial charge in [0.25, 0.3) is 0 Å². The molecular formula is C22H39F3N2OS. The van der Waals surface area contributed by atoms with Crippen molar-refractivity contribution in [3.05, 3.63) is 35.4 Å². The van der Waals surface area contributed by atoms with Gasteiger partial charge in [-0.1, -0.05) is 65.3 Å². The van der Waals surface area contributed by atoms with Crippen molar-refractivity contribution in [1.82, 2.24) is 4.72 Å². The fraction of sp³-hybridized carbons (Fsp3) is 0.727. The molecule has 0 saturated heterocycles. The molecule has 1 aromatic carbocycles.